The molecule has 1 aromatic heterocycles. The number of nitrogens with zero attached hydrogens (tertiary/aromatic N) is 4. The second-order valence-electron chi connectivity index (χ2n) is 6.42. The SMILES string of the molecule is O=C(c1ccccc1)N1CCN(c2ccc(=O)n(-c3ccccc3)n2)CC1. The normalized spacial score (nSPS) is 14.2. The highest BCUT2D eigenvalue weighted by atomic mass is 16.2. The molecule has 0 unspecified atom stereocenters. The standard InChI is InChI=1S/C21H20N4O2/c26-20-12-11-19(22-25(20)18-9-5-2-6-10-18)23-13-15-24(16-14-23)21(27)17-7-3-1-4-8-17/h1-12H,13-16H2. The van der Waals surface area contributed by atoms with Crippen LogP contribution in [-0.4, -0.2) is 46.8 Å². The Morgan fingerprint density at radius 2 is 1.41 bits per heavy atom. The smallest absolute Gasteiger partial charge is 0.271 e. The van der Waals surface area contributed by atoms with Crippen LogP contribution in [0.3, 0.4) is 0 Å². The zero-order valence-corrected chi connectivity index (χ0v) is 14.9. The highest BCUT2D eigenvalue weighted by Gasteiger charge is 2.23. The van der Waals surface area contributed by atoms with Gasteiger partial charge in [0.1, 0.15) is 5.82 Å². The largest absolute Gasteiger partial charge is 0.352 e. The summed E-state index contributed by atoms with van der Waals surface area (Å²) < 4.78 is 1.41. The molecule has 27 heavy (non-hydrogen) atoms. The van der Waals surface area contributed by atoms with Crippen LogP contribution in [0.25, 0.3) is 5.69 Å². The molecule has 0 atom stereocenters. The first-order valence-electron chi connectivity index (χ1n) is 8.97. The third kappa shape index (κ3) is 3.60. The van der Waals surface area contributed by atoms with Gasteiger partial charge in [-0.1, -0.05) is 36.4 Å². The first-order valence-corrected chi connectivity index (χ1v) is 8.97. The van der Waals surface area contributed by atoms with Gasteiger partial charge in [0, 0.05) is 37.8 Å². The summed E-state index contributed by atoms with van der Waals surface area (Å²) in [4.78, 5) is 28.7. The first-order chi connectivity index (χ1) is 13.2. The number of carbonyl (C=O) groups is 1. The molecule has 1 aliphatic heterocycles. The lowest BCUT2D eigenvalue weighted by atomic mass is 10.2. The molecular formula is C21H20N4O2. The van der Waals surface area contributed by atoms with Crippen LogP contribution >= 0.6 is 0 Å². The molecule has 1 saturated heterocycles. The Hall–Kier alpha value is -3.41. The van der Waals surface area contributed by atoms with E-state index in [0.29, 0.717) is 31.7 Å². The Morgan fingerprint density at radius 3 is 2.07 bits per heavy atom. The molecule has 0 radical (unpaired) electrons. The average molecular weight is 360 g/mol. The number of rotatable bonds is 3. The lowest BCUT2D eigenvalue weighted by Crippen LogP contribution is -2.49. The molecule has 0 aliphatic carbocycles. The van der Waals surface area contributed by atoms with Gasteiger partial charge in [0.05, 0.1) is 5.69 Å². The van der Waals surface area contributed by atoms with Crippen molar-refractivity contribution in [3.8, 4) is 5.69 Å². The molecule has 6 heteroatoms. The van der Waals surface area contributed by atoms with Crippen LogP contribution in [0.5, 0.6) is 0 Å². The highest BCUT2D eigenvalue weighted by Crippen LogP contribution is 2.15. The van der Waals surface area contributed by atoms with E-state index in [1.807, 2.05) is 65.6 Å². The van der Waals surface area contributed by atoms with E-state index in [1.165, 1.54) is 10.7 Å². The van der Waals surface area contributed by atoms with Gasteiger partial charge in [-0.25, -0.2) is 0 Å². The number of benzene rings is 2. The fourth-order valence-corrected chi connectivity index (χ4v) is 3.23. The number of piperazine rings is 1. The zero-order chi connectivity index (χ0) is 18.6. The second-order valence-corrected chi connectivity index (χ2v) is 6.42. The second kappa shape index (κ2) is 7.45. The summed E-state index contributed by atoms with van der Waals surface area (Å²) in [5, 5.41) is 4.52. The Balaban J connectivity index is 1.49. The number of amides is 1. The molecule has 136 valence electrons. The van der Waals surface area contributed by atoms with E-state index in [4.69, 9.17) is 0 Å². The minimum absolute atomic E-state index is 0.0532. The van der Waals surface area contributed by atoms with Gasteiger partial charge in [-0.05, 0) is 30.3 Å². The summed E-state index contributed by atoms with van der Waals surface area (Å²) in [5.41, 5.74) is 1.28. The Morgan fingerprint density at radius 1 is 0.778 bits per heavy atom. The van der Waals surface area contributed by atoms with Gasteiger partial charge in [-0.3, -0.25) is 9.59 Å². The Bertz CT molecular complexity index is 978. The molecule has 1 fully saturated rings. The van der Waals surface area contributed by atoms with Gasteiger partial charge in [0.15, 0.2) is 0 Å². The van der Waals surface area contributed by atoms with Crippen molar-refractivity contribution < 1.29 is 4.79 Å². The number of para-hydroxylation sites is 1. The quantitative estimate of drug-likeness (QED) is 0.718. The molecule has 0 bridgehead atoms. The molecule has 0 N–H and O–H groups in total. The molecule has 2 heterocycles. The molecule has 2 aromatic carbocycles. The van der Waals surface area contributed by atoms with Crippen molar-refractivity contribution in [1.29, 1.82) is 0 Å². The van der Waals surface area contributed by atoms with Crippen molar-refractivity contribution in [3.63, 3.8) is 0 Å². The number of aromatic nitrogens is 2. The maximum Gasteiger partial charge on any atom is 0.271 e. The summed E-state index contributed by atoms with van der Waals surface area (Å²) in [7, 11) is 0. The van der Waals surface area contributed by atoms with E-state index in [1.54, 1.807) is 6.07 Å². The lowest BCUT2D eigenvalue weighted by molar-refractivity contribution is 0.0746. The minimum atomic E-state index is -0.164. The van der Waals surface area contributed by atoms with E-state index in [9.17, 15) is 9.59 Å². The molecule has 3 aromatic rings. The molecule has 4 rings (SSSR count). The number of carbonyl (C=O) groups excluding carboxylic acids is 1. The van der Waals surface area contributed by atoms with Gasteiger partial charge >= 0.3 is 0 Å². The summed E-state index contributed by atoms with van der Waals surface area (Å²) in [5.74, 6) is 0.794. The summed E-state index contributed by atoms with van der Waals surface area (Å²) in [6, 6.07) is 22.0. The van der Waals surface area contributed by atoms with Crippen LogP contribution in [0.15, 0.2) is 77.6 Å². The van der Waals surface area contributed by atoms with Crippen LogP contribution in [0.4, 0.5) is 5.82 Å². The van der Waals surface area contributed by atoms with Gasteiger partial charge in [0.25, 0.3) is 11.5 Å². The number of anilines is 1. The van der Waals surface area contributed by atoms with E-state index >= 15 is 0 Å². The molecule has 1 amide bonds. The van der Waals surface area contributed by atoms with E-state index in [-0.39, 0.29) is 11.5 Å². The van der Waals surface area contributed by atoms with Crippen molar-refractivity contribution in [2.24, 2.45) is 0 Å². The summed E-state index contributed by atoms with van der Waals surface area (Å²) in [6.07, 6.45) is 0. The van der Waals surface area contributed by atoms with Gasteiger partial charge in [-0.15, -0.1) is 5.10 Å². The van der Waals surface area contributed by atoms with E-state index < -0.39 is 0 Å². The first kappa shape index (κ1) is 17.0. The van der Waals surface area contributed by atoms with Gasteiger partial charge < -0.3 is 9.80 Å². The molecule has 0 saturated carbocycles. The maximum atomic E-state index is 12.6. The highest BCUT2D eigenvalue weighted by molar-refractivity contribution is 5.94. The van der Waals surface area contributed by atoms with E-state index in [2.05, 4.69) is 10.00 Å². The van der Waals surface area contributed by atoms with Crippen molar-refractivity contribution >= 4 is 11.7 Å². The predicted octanol–water partition coefficient (Wildman–Crippen LogP) is 2.19. The van der Waals surface area contributed by atoms with E-state index in [0.717, 1.165) is 11.5 Å². The van der Waals surface area contributed by atoms with Crippen molar-refractivity contribution in [1.82, 2.24) is 14.7 Å². The van der Waals surface area contributed by atoms with Crippen LogP contribution in [0, 0.1) is 0 Å². The molecule has 1 aliphatic rings. The Kier molecular flexibility index (Phi) is 4.70. The zero-order valence-electron chi connectivity index (χ0n) is 14.9. The van der Waals surface area contributed by atoms with Gasteiger partial charge in [0.2, 0.25) is 0 Å². The lowest BCUT2D eigenvalue weighted by Gasteiger charge is -2.35. The molecular weight excluding hydrogens is 340 g/mol. The monoisotopic (exact) mass is 360 g/mol. The minimum Gasteiger partial charge on any atom is -0.352 e. The number of hydrogen-bond acceptors (Lipinski definition) is 4. The van der Waals surface area contributed by atoms with Crippen LogP contribution in [-0.2, 0) is 0 Å². The predicted molar refractivity (Wildman–Crippen MR) is 104 cm³/mol. The Labute approximate surface area is 157 Å². The summed E-state index contributed by atoms with van der Waals surface area (Å²) in [6.45, 7) is 2.61. The molecule has 0 spiro atoms. The fourth-order valence-electron chi connectivity index (χ4n) is 3.23. The van der Waals surface area contributed by atoms with Crippen LogP contribution in [0.2, 0.25) is 0 Å². The fraction of sp³-hybridized carbons (Fsp3) is 0.190. The topological polar surface area (TPSA) is 58.4 Å². The third-order valence-corrected chi connectivity index (χ3v) is 4.70. The van der Waals surface area contributed by atoms with Crippen molar-refractivity contribution in [3.05, 3.63) is 88.7 Å². The number of hydrogen-bond donors (Lipinski definition) is 0. The third-order valence-electron chi connectivity index (χ3n) is 4.70. The van der Waals surface area contributed by atoms with Crippen molar-refractivity contribution in [2.75, 3.05) is 31.1 Å². The average Bonchev–Trinajstić information content (AvgIpc) is 2.75. The van der Waals surface area contributed by atoms with Crippen LogP contribution < -0.4 is 10.5 Å². The van der Waals surface area contributed by atoms with Crippen molar-refractivity contribution in [2.45, 2.75) is 0 Å². The van der Waals surface area contributed by atoms with Gasteiger partial charge in [-0.2, -0.15) is 4.68 Å². The van der Waals surface area contributed by atoms with Crippen LogP contribution in [0.1, 0.15) is 10.4 Å². The summed E-state index contributed by atoms with van der Waals surface area (Å²) >= 11 is 0. The molecule has 6 nitrogen and oxygen atoms in total. The maximum absolute atomic E-state index is 12.6.